The number of aromatic nitrogens is 1. The van der Waals surface area contributed by atoms with Crippen molar-refractivity contribution in [1.29, 1.82) is 0 Å². The zero-order valence-electron chi connectivity index (χ0n) is 13.9. The smallest absolute Gasteiger partial charge is 0.279 e. The first-order valence-corrected chi connectivity index (χ1v) is 9.71. The summed E-state index contributed by atoms with van der Waals surface area (Å²) < 4.78 is 31.0. The summed E-state index contributed by atoms with van der Waals surface area (Å²) in [4.78, 5) is 0. The van der Waals surface area contributed by atoms with E-state index in [1.54, 1.807) is 4.31 Å². The van der Waals surface area contributed by atoms with Crippen LogP contribution in [0.1, 0.15) is 30.4 Å². The molecule has 0 saturated carbocycles. The van der Waals surface area contributed by atoms with Crippen LogP contribution in [-0.2, 0) is 23.7 Å². The molecule has 5 nitrogen and oxygen atoms in total. The van der Waals surface area contributed by atoms with Crippen LogP contribution in [0.4, 0.5) is 0 Å². The molecule has 1 N–H and O–H groups in total. The highest BCUT2D eigenvalue weighted by molar-refractivity contribution is 7.87. The Morgan fingerprint density at radius 1 is 1.17 bits per heavy atom. The predicted molar refractivity (Wildman–Crippen MR) is 93.7 cm³/mol. The summed E-state index contributed by atoms with van der Waals surface area (Å²) in [5.41, 5.74) is 3.61. The molecule has 0 unspecified atom stereocenters. The number of rotatable bonds is 5. The standard InChI is InChI=1S/C17H25N3O2S/c1-14-6-7-16-15(13-19(2)17(16)12-14)8-9-18-23(21,22)20-10-4-3-5-11-20/h6-7,12-13,18H,3-5,8-11H2,1-2H3. The maximum absolute atomic E-state index is 12.3. The van der Waals surface area contributed by atoms with Gasteiger partial charge in [-0.3, -0.25) is 0 Å². The first-order chi connectivity index (χ1) is 11.0. The van der Waals surface area contributed by atoms with E-state index in [1.807, 2.05) is 7.05 Å². The van der Waals surface area contributed by atoms with Gasteiger partial charge in [-0.2, -0.15) is 12.7 Å². The predicted octanol–water partition coefficient (Wildman–Crippen LogP) is 2.35. The number of benzene rings is 1. The minimum absolute atomic E-state index is 0.436. The molecule has 2 heterocycles. The van der Waals surface area contributed by atoms with Gasteiger partial charge in [0, 0.05) is 43.8 Å². The highest BCUT2D eigenvalue weighted by Gasteiger charge is 2.23. The van der Waals surface area contributed by atoms with Crippen molar-refractivity contribution >= 4 is 21.1 Å². The largest absolute Gasteiger partial charge is 0.350 e. The van der Waals surface area contributed by atoms with Gasteiger partial charge < -0.3 is 4.57 Å². The van der Waals surface area contributed by atoms with E-state index in [4.69, 9.17) is 0 Å². The Kier molecular flexibility index (Phi) is 4.75. The summed E-state index contributed by atoms with van der Waals surface area (Å²) in [5, 5.41) is 1.20. The van der Waals surface area contributed by atoms with Crippen LogP contribution >= 0.6 is 0 Å². The van der Waals surface area contributed by atoms with Gasteiger partial charge in [-0.25, -0.2) is 4.72 Å². The lowest BCUT2D eigenvalue weighted by molar-refractivity contribution is 0.342. The number of aryl methyl sites for hydroxylation is 2. The van der Waals surface area contributed by atoms with Crippen molar-refractivity contribution in [2.75, 3.05) is 19.6 Å². The van der Waals surface area contributed by atoms with Crippen LogP contribution in [0.25, 0.3) is 10.9 Å². The fourth-order valence-corrected chi connectivity index (χ4v) is 4.57. The van der Waals surface area contributed by atoms with Crippen molar-refractivity contribution in [3.63, 3.8) is 0 Å². The van der Waals surface area contributed by atoms with E-state index in [2.05, 4.69) is 40.6 Å². The summed E-state index contributed by atoms with van der Waals surface area (Å²) in [5.74, 6) is 0. The van der Waals surface area contributed by atoms with Gasteiger partial charge in [-0.15, -0.1) is 0 Å². The number of fused-ring (bicyclic) bond motifs is 1. The maximum atomic E-state index is 12.3. The molecule has 1 aliphatic rings. The highest BCUT2D eigenvalue weighted by atomic mass is 32.2. The molecule has 1 aromatic heterocycles. The van der Waals surface area contributed by atoms with Crippen molar-refractivity contribution in [2.24, 2.45) is 7.05 Å². The van der Waals surface area contributed by atoms with Gasteiger partial charge in [-0.1, -0.05) is 18.6 Å². The molecule has 1 saturated heterocycles. The van der Waals surface area contributed by atoms with Crippen molar-refractivity contribution in [2.45, 2.75) is 32.6 Å². The Hall–Kier alpha value is -1.37. The van der Waals surface area contributed by atoms with Crippen LogP contribution in [0.15, 0.2) is 24.4 Å². The quantitative estimate of drug-likeness (QED) is 0.912. The van der Waals surface area contributed by atoms with Gasteiger partial charge in [0.05, 0.1) is 0 Å². The molecule has 1 aromatic carbocycles. The Bertz CT molecular complexity index is 790. The fraction of sp³-hybridized carbons (Fsp3) is 0.529. The molecule has 0 spiro atoms. The zero-order chi connectivity index (χ0) is 16.4. The molecule has 0 aliphatic carbocycles. The molecule has 1 fully saturated rings. The topological polar surface area (TPSA) is 54.3 Å². The molecular formula is C17H25N3O2S. The third kappa shape index (κ3) is 3.59. The van der Waals surface area contributed by atoms with Gasteiger partial charge >= 0.3 is 0 Å². The number of hydrogen-bond acceptors (Lipinski definition) is 2. The minimum atomic E-state index is -3.33. The molecule has 2 aromatic rings. The highest BCUT2D eigenvalue weighted by Crippen LogP contribution is 2.22. The molecule has 23 heavy (non-hydrogen) atoms. The van der Waals surface area contributed by atoms with Gasteiger partial charge in [0.15, 0.2) is 0 Å². The first kappa shape index (κ1) is 16.5. The Morgan fingerprint density at radius 3 is 2.65 bits per heavy atom. The minimum Gasteiger partial charge on any atom is -0.350 e. The zero-order valence-corrected chi connectivity index (χ0v) is 14.7. The van der Waals surface area contributed by atoms with Crippen LogP contribution in [0, 0.1) is 6.92 Å². The van der Waals surface area contributed by atoms with Crippen molar-refractivity contribution < 1.29 is 8.42 Å². The maximum Gasteiger partial charge on any atom is 0.279 e. The Labute approximate surface area is 138 Å². The second-order valence-electron chi connectivity index (χ2n) is 6.39. The SMILES string of the molecule is Cc1ccc2c(CCNS(=O)(=O)N3CCCCC3)cn(C)c2c1. The molecule has 126 valence electrons. The van der Waals surface area contributed by atoms with Crippen LogP contribution in [-0.4, -0.2) is 36.9 Å². The second kappa shape index (κ2) is 6.63. The summed E-state index contributed by atoms with van der Waals surface area (Å²) in [6, 6.07) is 6.39. The molecule has 1 aliphatic heterocycles. The van der Waals surface area contributed by atoms with Crippen molar-refractivity contribution in [3.8, 4) is 0 Å². The lowest BCUT2D eigenvalue weighted by Gasteiger charge is -2.25. The molecule has 3 rings (SSSR count). The number of hydrogen-bond donors (Lipinski definition) is 1. The molecular weight excluding hydrogens is 310 g/mol. The molecule has 0 radical (unpaired) electrons. The number of nitrogens with zero attached hydrogens (tertiary/aromatic N) is 2. The first-order valence-electron chi connectivity index (χ1n) is 8.27. The summed E-state index contributed by atoms with van der Waals surface area (Å²) in [6.07, 6.45) is 5.85. The molecule has 0 atom stereocenters. The molecule has 0 bridgehead atoms. The summed E-state index contributed by atoms with van der Waals surface area (Å²) >= 11 is 0. The van der Waals surface area contributed by atoms with E-state index >= 15 is 0 Å². The van der Waals surface area contributed by atoms with Gasteiger partial charge in [0.1, 0.15) is 0 Å². The second-order valence-corrected chi connectivity index (χ2v) is 8.15. The Balaban J connectivity index is 1.67. The van der Waals surface area contributed by atoms with E-state index in [9.17, 15) is 8.42 Å². The van der Waals surface area contributed by atoms with Gasteiger partial charge in [0.2, 0.25) is 0 Å². The molecule has 6 heteroatoms. The van der Waals surface area contributed by atoms with E-state index < -0.39 is 10.2 Å². The lowest BCUT2D eigenvalue weighted by atomic mass is 10.1. The van der Waals surface area contributed by atoms with Crippen LogP contribution < -0.4 is 4.72 Å². The van der Waals surface area contributed by atoms with Gasteiger partial charge in [0.25, 0.3) is 10.2 Å². The average Bonchev–Trinajstić information content (AvgIpc) is 2.84. The van der Waals surface area contributed by atoms with E-state index in [0.717, 1.165) is 19.3 Å². The molecule has 0 amide bonds. The van der Waals surface area contributed by atoms with E-state index in [-0.39, 0.29) is 0 Å². The van der Waals surface area contributed by atoms with Crippen molar-refractivity contribution in [1.82, 2.24) is 13.6 Å². The van der Waals surface area contributed by atoms with E-state index in [0.29, 0.717) is 26.1 Å². The Morgan fingerprint density at radius 2 is 1.91 bits per heavy atom. The van der Waals surface area contributed by atoms with Gasteiger partial charge in [-0.05, 0) is 43.4 Å². The van der Waals surface area contributed by atoms with E-state index in [1.165, 1.54) is 22.0 Å². The monoisotopic (exact) mass is 335 g/mol. The third-order valence-corrected chi connectivity index (χ3v) is 6.18. The lowest BCUT2D eigenvalue weighted by Crippen LogP contribution is -2.43. The summed E-state index contributed by atoms with van der Waals surface area (Å²) in [6.45, 7) is 3.80. The van der Waals surface area contributed by atoms with Crippen LogP contribution in [0.5, 0.6) is 0 Å². The van der Waals surface area contributed by atoms with Crippen LogP contribution in [0.2, 0.25) is 0 Å². The number of piperidine rings is 1. The van der Waals surface area contributed by atoms with Crippen molar-refractivity contribution in [3.05, 3.63) is 35.5 Å². The average molecular weight is 335 g/mol. The fourth-order valence-electron chi connectivity index (χ4n) is 3.29. The normalized spacial score (nSPS) is 17.0. The number of nitrogens with one attached hydrogen (secondary N) is 1. The van der Waals surface area contributed by atoms with Crippen LogP contribution in [0.3, 0.4) is 0 Å². The third-order valence-electron chi connectivity index (χ3n) is 4.56. The summed E-state index contributed by atoms with van der Waals surface area (Å²) in [7, 11) is -1.30.